The number of ether oxygens (including phenoxy) is 2. The van der Waals surface area contributed by atoms with Crippen LogP contribution in [0.5, 0.6) is 0 Å². The van der Waals surface area contributed by atoms with Gasteiger partial charge in [0.15, 0.2) is 0 Å². The zero-order valence-corrected chi connectivity index (χ0v) is 13.0. The summed E-state index contributed by atoms with van der Waals surface area (Å²) in [5, 5.41) is 3.01. The molecule has 2 fully saturated rings. The minimum atomic E-state index is -0.421. The number of nitrogens with one attached hydrogen (secondary N) is 1. The van der Waals surface area contributed by atoms with E-state index in [0.717, 1.165) is 38.0 Å². The molecular weight excluding hydrogens is 284 g/mol. The Morgan fingerprint density at radius 1 is 1.59 bits per heavy atom. The lowest BCUT2D eigenvalue weighted by molar-refractivity contribution is -0.139. The molecule has 2 aliphatic heterocycles. The summed E-state index contributed by atoms with van der Waals surface area (Å²) in [5.41, 5.74) is 0.725. The van der Waals surface area contributed by atoms with Gasteiger partial charge in [-0.25, -0.2) is 0 Å². The van der Waals surface area contributed by atoms with E-state index in [-0.39, 0.29) is 12.0 Å². The van der Waals surface area contributed by atoms with Crippen LogP contribution in [0.4, 0.5) is 0 Å². The van der Waals surface area contributed by atoms with Gasteiger partial charge in [0, 0.05) is 45.5 Å². The molecule has 0 bridgehead atoms. The second-order valence-electron chi connectivity index (χ2n) is 6.15. The topological polar surface area (TPSA) is 63.9 Å². The molecule has 122 valence electrons. The summed E-state index contributed by atoms with van der Waals surface area (Å²) >= 11 is 0. The van der Waals surface area contributed by atoms with Crippen molar-refractivity contribution in [2.45, 2.75) is 25.5 Å². The number of furan rings is 1. The first kappa shape index (κ1) is 15.5. The molecule has 6 heteroatoms. The number of fused-ring (bicyclic) bond motifs is 1. The van der Waals surface area contributed by atoms with E-state index in [9.17, 15) is 4.79 Å². The van der Waals surface area contributed by atoms with Gasteiger partial charge < -0.3 is 19.2 Å². The van der Waals surface area contributed by atoms with Gasteiger partial charge in [-0.1, -0.05) is 0 Å². The lowest BCUT2D eigenvalue weighted by Crippen LogP contribution is -2.57. The van der Waals surface area contributed by atoms with Gasteiger partial charge in [-0.2, -0.15) is 0 Å². The van der Waals surface area contributed by atoms with Crippen molar-refractivity contribution < 1.29 is 18.7 Å². The minimum absolute atomic E-state index is 0.0376. The Hall–Kier alpha value is -1.37. The summed E-state index contributed by atoms with van der Waals surface area (Å²) < 4.78 is 16.0. The van der Waals surface area contributed by atoms with Gasteiger partial charge in [0.25, 0.3) is 0 Å². The number of methoxy groups -OCH3 is 1. The lowest BCUT2D eigenvalue weighted by Gasteiger charge is -2.42. The molecule has 0 aliphatic carbocycles. The smallest absolute Gasteiger partial charge is 0.230 e. The highest BCUT2D eigenvalue weighted by Crippen LogP contribution is 2.41. The van der Waals surface area contributed by atoms with E-state index in [2.05, 4.69) is 10.2 Å². The monoisotopic (exact) mass is 308 g/mol. The molecule has 1 aromatic heterocycles. The maximum absolute atomic E-state index is 12.7. The third kappa shape index (κ3) is 3.04. The molecular formula is C16H24N2O4. The predicted molar refractivity (Wildman–Crippen MR) is 80.3 cm³/mol. The molecule has 0 spiro atoms. The number of rotatable bonds is 6. The second-order valence-corrected chi connectivity index (χ2v) is 6.15. The van der Waals surface area contributed by atoms with Crippen molar-refractivity contribution in [1.29, 1.82) is 0 Å². The standard InChI is InChI=1S/C16H24N2O4/c1-20-9-5-17-15(19)16-4-8-22-14(16)2-6-18(12-16)10-13-3-7-21-11-13/h3,7,11,14H,2,4-6,8-10,12H2,1H3,(H,17,19)/t14-,16-/m1/s1. The average Bonchev–Trinajstić information content (AvgIpc) is 3.16. The van der Waals surface area contributed by atoms with Crippen LogP contribution < -0.4 is 5.32 Å². The summed E-state index contributed by atoms with van der Waals surface area (Å²) in [5.74, 6) is 0.101. The maximum atomic E-state index is 12.7. The Morgan fingerprint density at radius 3 is 3.27 bits per heavy atom. The van der Waals surface area contributed by atoms with Crippen molar-refractivity contribution >= 4 is 5.91 Å². The van der Waals surface area contributed by atoms with Crippen molar-refractivity contribution in [2.75, 3.05) is 40.0 Å². The van der Waals surface area contributed by atoms with Crippen LogP contribution in [0.25, 0.3) is 0 Å². The zero-order chi connectivity index (χ0) is 15.4. The third-order valence-electron chi connectivity index (χ3n) is 4.73. The molecule has 3 heterocycles. The van der Waals surface area contributed by atoms with E-state index >= 15 is 0 Å². The number of hydrogen-bond donors (Lipinski definition) is 1. The molecule has 6 nitrogen and oxygen atoms in total. The molecule has 0 radical (unpaired) electrons. The Labute approximate surface area is 130 Å². The summed E-state index contributed by atoms with van der Waals surface area (Å²) in [4.78, 5) is 15.1. The van der Waals surface area contributed by atoms with E-state index < -0.39 is 5.41 Å². The van der Waals surface area contributed by atoms with Crippen LogP contribution in [0.15, 0.2) is 23.0 Å². The first-order valence-electron chi connectivity index (χ1n) is 7.87. The molecule has 0 unspecified atom stereocenters. The van der Waals surface area contributed by atoms with Gasteiger partial charge >= 0.3 is 0 Å². The van der Waals surface area contributed by atoms with Crippen molar-refractivity contribution in [2.24, 2.45) is 5.41 Å². The molecule has 2 aliphatic rings. The summed E-state index contributed by atoms with van der Waals surface area (Å²) in [6.45, 7) is 4.25. The van der Waals surface area contributed by atoms with Gasteiger partial charge in [0.2, 0.25) is 5.91 Å². The first-order valence-corrected chi connectivity index (χ1v) is 7.87. The second kappa shape index (κ2) is 6.81. The number of carbonyl (C=O) groups excluding carboxylic acids is 1. The number of carbonyl (C=O) groups is 1. The Morgan fingerprint density at radius 2 is 2.50 bits per heavy atom. The summed E-state index contributed by atoms with van der Waals surface area (Å²) in [6, 6.07) is 1.97. The van der Waals surface area contributed by atoms with Crippen molar-refractivity contribution in [1.82, 2.24) is 10.2 Å². The van der Waals surface area contributed by atoms with Crippen molar-refractivity contribution in [3.05, 3.63) is 24.2 Å². The van der Waals surface area contributed by atoms with Crippen LogP contribution in [0.1, 0.15) is 18.4 Å². The highest BCUT2D eigenvalue weighted by atomic mass is 16.5. The fraction of sp³-hybridized carbons (Fsp3) is 0.688. The normalized spacial score (nSPS) is 28.5. The molecule has 1 aromatic rings. The Balaban J connectivity index is 1.67. The fourth-order valence-corrected chi connectivity index (χ4v) is 3.57. The molecule has 3 rings (SSSR count). The van der Waals surface area contributed by atoms with Gasteiger partial charge in [-0.3, -0.25) is 9.69 Å². The van der Waals surface area contributed by atoms with Crippen LogP contribution in [0.3, 0.4) is 0 Å². The number of nitrogens with zero attached hydrogens (tertiary/aromatic N) is 1. The van der Waals surface area contributed by atoms with E-state index in [1.165, 1.54) is 0 Å². The summed E-state index contributed by atoms with van der Waals surface area (Å²) in [7, 11) is 1.64. The van der Waals surface area contributed by atoms with E-state index in [1.807, 2.05) is 6.07 Å². The van der Waals surface area contributed by atoms with Crippen LogP contribution >= 0.6 is 0 Å². The average molecular weight is 308 g/mol. The molecule has 1 N–H and O–H groups in total. The summed E-state index contributed by atoms with van der Waals surface area (Å²) in [6.07, 6.45) is 5.18. The number of hydrogen-bond acceptors (Lipinski definition) is 5. The third-order valence-corrected chi connectivity index (χ3v) is 4.73. The van der Waals surface area contributed by atoms with Gasteiger partial charge in [0.05, 0.1) is 30.7 Å². The number of piperidine rings is 1. The van der Waals surface area contributed by atoms with Gasteiger partial charge in [-0.15, -0.1) is 0 Å². The van der Waals surface area contributed by atoms with E-state index in [4.69, 9.17) is 13.9 Å². The fourth-order valence-electron chi connectivity index (χ4n) is 3.57. The molecule has 22 heavy (non-hydrogen) atoms. The largest absolute Gasteiger partial charge is 0.472 e. The maximum Gasteiger partial charge on any atom is 0.230 e. The minimum Gasteiger partial charge on any atom is -0.472 e. The van der Waals surface area contributed by atoms with E-state index in [0.29, 0.717) is 19.8 Å². The quantitative estimate of drug-likeness (QED) is 0.795. The van der Waals surface area contributed by atoms with E-state index in [1.54, 1.807) is 19.6 Å². The molecule has 0 aromatic carbocycles. The van der Waals surface area contributed by atoms with Crippen molar-refractivity contribution in [3.8, 4) is 0 Å². The molecule has 2 saturated heterocycles. The van der Waals surface area contributed by atoms with Crippen LogP contribution in [-0.4, -0.2) is 56.9 Å². The Bertz CT molecular complexity index is 490. The highest BCUT2D eigenvalue weighted by Gasteiger charge is 2.52. The predicted octanol–water partition coefficient (Wildman–Crippen LogP) is 1.02. The van der Waals surface area contributed by atoms with Gasteiger partial charge in [-0.05, 0) is 18.9 Å². The van der Waals surface area contributed by atoms with Gasteiger partial charge in [0.1, 0.15) is 0 Å². The number of likely N-dealkylation sites (tertiary alicyclic amines) is 1. The number of amides is 1. The SMILES string of the molecule is COCCNC(=O)[C@@]12CCO[C@@H]1CCN(Cc1ccoc1)C2. The lowest BCUT2D eigenvalue weighted by atomic mass is 9.75. The van der Waals surface area contributed by atoms with Crippen LogP contribution in [-0.2, 0) is 20.8 Å². The molecule has 1 amide bonds. The first-order chi connectivity index (χ1) is 10.7. The van der Waals surface area contributed by atoms with Crippen LogP contribution in [0, 0.1) is 5.41 Å². The van der Waals surface area contributed by atoms with Crippen LogP contribution in [0.2, 0.25) is 0 Å². The molecule has 2 atom stereocenters. The Kier molecular flexibility index (Phi) is 4.81. The highest BCUT2D eigenvalue weighted by molar-refractivity contribution is 5.84. The molecule has 0 saturated carbocycles. The zero-order valence-electron chi connectivity index (χ0n) is 13.0. The van der Waals surface area contributed by atoms with Crippen molar-refractivity contribution in [3.63, 3.8) is 0 Å².